The van der Waals surface area contributed by atoms with Crippen molar-refractivity contribution in [3.05, 3.63) is 24.6 Å². The molecule has 0 spiro atoms. The molecule has 25 valence electrons. The molecular formula is C4H4O+. The number of ether oxygens (including phenoxy) is 1. The van der Waals surface area contributed by atoms with E-state index < -0.39 is 12.5 Å². The molecule has 0 aromatic heterocycles. The third-order valence-electron chi connectivity index (χ3n) is 0.267. The van der Waals surface area contributed by atoms with Crippen molar-refractivity contribution < 1.29 is 10.2 Å². The zero-order valence-electron chi connectivity index (χ0n) is 6.41. The monoisotopic (exact) mass is 72.1 g/mol. The van der Waals surface area contributed by atoms with Gasteiger partial charge in [0, 0.05) is 12.1 Å². The van der Waals surface area contributed by atoms with Gasteiger partial charge in [0.2, 0.25) is 0 Å². The fourth-order valence-electron chi connectivity index (χ4n) is 0.128. The van der Waals surface area contributed by atoms with Gasteiger partial charge in [-0.05, 0) is 0 Å². The molecule has 0 saturated carbocycles. The van der Waals surface area contributed by atoms with E-state index in [9.17, 15) is 0 Å². The average molecular weight is 72.1 g/mol. The van der Waals surface area contributed by atoms with Crippen LogP contribution < -0.4 is 0 Å². The minimum absolute atomic E-state index is 0.319. The lowest BCUT2D eigenvalue weighted by Gasteiger charge is -1.48. The van der Waals surface area contributed by atoms with Gasteiger partial charge in [-0.1, -0.05) is 0 Å². The van der Waals surface area contributed by atoms with E-state index in [0.717, 1.165) is 0 Å². The molecule has 1 nitrogen and oxygen atoms in total. The molecule has 1 radical (unpaired) electrons. The van der Waals surface area contributed by atoms with Gasteiger partial charge >= 0.3 is 12.5 Å². The van der Waals surface area contributed by atoms with Crippen LogP contribution in [-0.2, 0) is 4.74 Å². The van der Waals surface area contributed by atoms with Crippen molar-refractivity contribution >= 4 is 0 Å². The molecule has 0 saturated heterocycles. The summed E-state index contributed by atoms with van der Waals surface area (Å²) in [6.07, 6.45) is -0.824. The number of hydrogen-bond donors (Lipinski definition) is 0. The Morgan fingerprint density at radius 3 is 2.20 bits per heavy atom. The summed E-state index contributed by atoms with van der Waals surface area (Å²) < 4.78 is 31.6. The third kappa shape index (κ3) is 0.293. The summed E-state index contributed by atoms with van der Waals surface area (Å²) in [5.41, 5.74) is 0. The van der Waals surface area contributed by atoms with Crippen molar-refractivity contribution in [1.82, 2.24) is 0 Å². The fourth-order valence-corrected chi connectivity index (χ4v) is 0.128. The lowest BCUT2D eigenvalue weighted by Crippen LogP contribution is -1.47. The van der Waals surface area contributed by atoms with Gasteiger partial charge in [-0.3, -0.25) is 0 Å². The Hall–Kier alpha value is -0.720. The van der Waals surface area contributed by atoms with Crippen molar-refractivity contribution in [2.75, 3.05) is 0 Å². The lowest BCUT2D eigenvalue weighted by atomic mass is 10.6. The summed E-state index contributed by atoms with van der Waals surface area (Å²) in [5.74, 6) is 0. The fraction of sp³-hybridized carbons (Fsp3) is 0. The first-order valence-electron chi connectivity index (χ1n) is 3.16. The van der Waals surface area contributed by atoms with Crippen LogP contribution in [-0.4, -0.2) is 0 Å². The molecule has 1 heteroatoms. The molecule has 1 heterocycles. The van der Waals surface area contributed by atoms with Crippen LogP contribution in [0.5, 0.6) is 0 Å². The van der Waals surface area contributed by atoms with Crippen molar-refractivity contribution in [2.45, 2.75) is 0 Å². The zero-order valence-corrected chi connectivity index (χ0v) is 2.41. The molecule has 0 aromatic rings. The average Bonchev–Trinajstić information content (AvgIpc) is 1.98. The van der Waals surface area contributed by atoms with Gasteiger partial charge in [0.05, 0.1) is 2.74 Å². The standard InChI is InChI=1S/C4H4O/c1-2-4-5-3-1/h1-4H/q+1/i1D,2D,3D,4D. The van der Waals surface area contributed by atoms with E-state index in [-0.39, 0.29) is 12.1 Å². The van der Waals surface area contributed by atoms with Gasteiger partial charge in [0.15, 0.2) is 2.74 Å². The lowest BCUT2D eigenvalue weighted by molar-refractivity contribution is 0.414. The van der Waals surface area contributed by atoms with E-state index in [1.807, 2.05) is 0 Å². The quantitative estimate of drug-likeness (QED) is 0.389. The molecule has 0 atom stereocenters. The predicted molar refractivity (Wildman–Crippen MR) is 19.4 cm³/mol. The van der Waals surface area contributed by atoms with Crippen LogP contribution in [0.1, 0.15) is 5.48 Å². The molecule has 0 fully saturated rings. The van der Waals surface area contributed by atoms with E-state index in [1.165, 1.54) is 0 Å². The van der Waals surface area contributed by atoms with Gasteiger partial charge < -0.3 is 0 Å². The first-order valence-corrected chi connectivity index (χ1v) is 1.16. The van der Waals surface area contributed by atoms with Gasteiger partial charge in [-0.2, -0.15) is 0 Å². The minimum Gasteiger partial charge on any atom is -0.224 e. The summed E-state index contributed by atoms with van der Waals surface area (Å²) in [6.45, 7) is 0. The van der Waals surface area contributed by atoms with Gasteiger partial charge in [0.1, 0.15) is 0 Å². The Balaban J connectivity index is 2.97. The number of allylic oxidation sites excluding steroid dienone is 2. The molecule has 1 aliphatic heterocycles. The van der Waals surface area contributed by atoms with E-state index in [0.29, 0.717) is 0 Å². The largest absolute Gasteiger partial charge is 0.318 e. The van der Waals surface area contributed by atoms with Crippen molar-refractivity contribution in [3.8, 4) is 0 Å². The zero-order chi connectivity index (χ0) is 7.02. The molecule has 0 unspecified atom stereocenters. The van der Waals surface area contributed by atoms with Crippen LogP contribution in [0.2, 0.25) is 0 Å². The minimum atomic E-state index is -0.412. The number of rotatable bonds is 0. The van der Waals surface area contributed by atoms with Crippen LogP contribution in [0.4, 0.5) is 0 Å². The molecule has 5 heavy (non-hydrogen) atoms. The topological polar surface area (TPSA) is 11.3 Å². The second-order valence-electron chi connectivity index (χ2n) is 0.556. The molecule has 1 rings (SSSR count). The van der Waals surface area contributed by atoms with Gasteiger partial charge in [0.25, 0.3) is 0 Å². The highest BCUT2D eigenvalue weighted by atomic mass is 16.5. The maximum Gasteiger partial charge on any atom is 0.318 e. The van der Waals surface area contributed by atoms with Crippen molar-refractivity contribution in [3.63, 3.8) is 0 Å². The Morgan fingerprint density at radius 2 is 2.00 bits per heavy atom. The van der Waals surface area contributed by atoms with E-state index in [2.05, 4.69) is 4.74 Å². The van der Waals surface area contributed by atoms with Crippen LogP contribution >= 0.6 is 0 Å². The van der Waals surface area contributed by atoms with E-state index >= 15 is 0 Å². The highest BCUT2D eigenvalue weighted by Gasteiger charge is 1.88. The van der Waals surface area contributed by atoms with Crippen LogP contribution in [0.3, 0.4) is 0 Å². The molecule has 0 N–H and O–H groups in total. The molecule has 0 aromatic carbocycles. The predicted octanol–water partition coefficient (Wildman–Crippen LogP) is 1.04. The first-order chi connectivity index (χ1) is 4.13. The second kappa shape index (κ2) is 0.931. The summed E-state index contributed by atoms with van der Waals surface area (Å²) in [6, 6.07) is -0.639. The summed E-state index contributed by atoms with van der Waals surface area (Å²) >= 11 is 0. The van der Waals surface area contributed by atoms with Gasteiger partial charge in [-0.15, -0.1) is 0 Å². The first kappa shape index (κ1) is 0.672. The van der Waals surface area contributed by atoms with E-state index in [4.69, 9.17) is 5.48 Å². The Labute approximate surface area is 36.2 Å². The second-order valence-corrected chi connectivity index (χ2v) is 0.556. The van der Waals surface area contributed by atoms with Crippen LogP contribution in [0.15, 0.2) is 24.6 Å². The Kier molecular flexibility index (Phi) is 0.125. The molecule has 1 aliphatic rings. The number of hydrogen-bond acceptors (Lipinski definition) is 1. The molecule has 0 bridgehead atoms. The normalized spacial score (nSPS) is 35.2. The molecule has 0 aliphatic carbocycles. The Morgan fingerprint density at radius 1 is 1.40 bits per heavy atom. The Bertz CT molecular complexity index is 183. The van der Waals surface area contributed by atoms with Gasteiger partial charge in [-0.25, -0.2) is 4.74 Å². The highest BCUT2D eigenvalue weighted by Crippen LogP contribution is 1.88. The smallest absolute Gasteiger partial charge is 0.224 e. The maximum absolute atomic E-state index is 6.88. The van der Waals surface area contributed by atoms with Crippen molar-refractivity contribution in [2.24, 2.45) is 0 Å². The molecular weight excluding hydrogens is 64.0 g/mol. The summed E-state index contributed by atoms with van der Waals surface area (Å²) in [4.78, 5) is 0. The van der Waals surface area contributed by atoms with E-state index in [1.54, 1.807) is 0 Å². The highest BCUT2D eigenvalue weighted by molar-refractivity contribution is 5.02. The summed E-state index contributed by atoms with van der Waals surface area (Å²) in [7, 11) is 0. The van der Waals surface area contributed by atoms with Crippen LogP contribution in [0, 0.1) is 0 Å². The van der Waals surface area contributed by atoms with Crippen molar-refractivity contribution in [1.29, 1.82) is 0 Å². The van der Waals surface area contributed by atoms with Crippen LogP contribution in [0.25, 0.3) is 0 Å². The molecule has 0 amide bonds. The summed E-state index contributed by atoms with van der Waals surface area (Å²) in [5, 5.41) is 0. The maximum atomic E-state index is 6.88. The third-order valence-corrected chi connectivity index (χ3v) is 0.267. The SMILES string of the molecule is [2H]C1=C([2H])C([2H])=C([2H])[O+]1.